The number of Topliss-reactive ketones (excluding diaryl/α,β-unsaturated/α-hetero) is 1. The molecule has 1 heterocycles. The van der Waals surface area contributed by atoms with E-state index in [4.69, 9.17) is 21.1 Å². The summed E-state index contributed by atoms with van der Waals surface area (Å²) in [4.78, 5) is 29.9. The lowest BCUT2D eigenvalue weighted by Crippen LogP contribution is -2.31. The van der Waals surface area contributed by atoms with Crippen LogP contribution >= 0.6 is 11.6 Å². The standard InChI is InChI=1S/C23H24ClNO4/c1-13-19(17-12-16(28-5)10-11-18(17)25-13)20(22(27)29-23(2,3)4)21(26)14-6-8-15(24)9-7-14/h6-12,20,25H,1-5H3. The number of ether oxygens (including phenoxy) is 2. The lowest BCUT2D eigenvalue weighted by atomic mass is 9.88. The van der Waals surface area contributed by atoms with Gasteiger partial charge in [-0.25, -0.2) is 0 Å². The van der Waals surface area contributed by atoms with Crippen molar-refractivity contribution in [1.82, 2.24) is 4.98 Å². The quantitative estimate of drug-likeness (QED) is 0.343. The number of aromatic amines is 1. The van der Waals surface area contributed by atoms with Gasteiger partial charge in [0.05, 0.1) is 7.11 Å². The summed E-state index contributed by atoms with van der Waals surface area (Å²) in [6.45, 7) is 7.17. The first-order valence-corrected chi connectivity index (χ1v) is 9.67. The first-order chi connectivity index (χ1) is 13.6. The Bertz CT molecular complexity index is 1060. The number of aryl methyl sites for hydroxylation is 1. The molecule has 5 nitrogen and oxygen atoms in total. The first kappa shape index (κ1) is 20.9. The number of fused-ring (bicyclic) bond motifs is 1. The molecule has 0 saturated carbocycles. The molecule has 1 aromatic heterocycles. The van der Waals surface area contributed by atoms with E-state index in [0.717, 1.165) is 16.6 Å². The second kappa shape index (κ2) is 7.91. The van der Waals surface area contributed by atoms with E-state index in [9.17, 15) is 9.59 Å². The van der Waals surface area contributed by atoms with Crippen LogP contribution in [0.15, 0.2) is 42.5 Å². The third-order valence-corrected chi connectivity index (χ3v) is 4.82. The van der Waals surface area contributed by atoms with Crippen LogP contribution in [0.25, 0.3) is 10.9 Å². The van der Waals surface area contributed by atoms with E-state index >= 15 is 0 Å². The van der Waals surface area contributed by atoms with Crippen LogP contribution in [0, 0.1) is 6.92 Å². The minimum Gasteiger partial charge on any atom is -0.497 e. The Labute approximate surface area is 175 Å². The zero-order valence-corrected chi connectivity index (χ0v) is 17.9. The fourth-order valence-electron chi connectivity index (χ4n) is 3.32. The second-order valence-electron chi connectivity index (χ2n) is 7.91. The van der Waals surface area contributed by atoms with Gasteiger partial charge in [0.1, 0.15) is 17.3 Å². The number of esters is 1. The second-order valence-corrected chi connectivity index (χ2v) is 8.35. The number of rotatable bonds is 5. The van der Waals surface area contributed by atoms with Gasteiger partial charge in [-0.1, -0.05) is 11.6 Å². The van der Waals surface area contributed by atoms with E-state index in [-0.39, 0.29) is 5.78 Å². The van der Waals surface area contributed by atoms with Crippen molar-refractivity contribution in [3.8, 4) is 5.75 Å². The Morgan fingerprint density at radius 3 is 2.31 bits per heavy atom. The molecule has 1 unspecified atom stereocenters. The summed E-state index contributed by atoms with van der Waals surface area (Å²) in [6.07, 6.45) is 0. The number of methoxy groups -OCH3 is 1. The number of carbonyl (C=O) groups excluding carboxylic acids is 2. The fourth-order valence-corrected chi connectivity index (χ4v) is 3.45. The fraction of sp³-hybridized carbons (Fsp3) is 0.304. The first-order valence-electron chi connectivity index (χ1n) is 9.29. The molecule has 0 bridgehead atoms. The van der Waals surface area contributed by atoms with E-state index in [1.807, 2.05) is 25.1 Å². The topological polar surface area (TPSA) is 68.4 Å². The summed E-state index contributed by atoms with van der Waals surface area (Å²) in [5.74, 6) is -1.41. The van der Waals surface area contributed by atoms with Gasteiger partial charge in [0.25, 0.3) is 0 Å². The molecule has 1 N–H and O–H groups in total. The maximum absolute atomic E-state index is 13.4. The van der Waals surface area contributed by atoms with Crippen LogP contribution in [0.2, 0.25) is 5.02 Å². The Morgan fingerprint density at radius 1 is 1.07 bits per heavy atom. The molecule has 0 amide bonds. The molecule has 3 rings (SSSR count). The normalized spacial score (nSPS) is 12.6. The zero-order chi connectivity index (χ0) is 21.3. The number of benzene rings is 2. The third kappa shape index (κ3) is 4.46. The molecule has 0 radical (unpaired) electrons. The van der Waals surface area contributed by atoms with Crippen LogP contribution in [0.5, 0.6) is 5.75 Å². The highest BCUT2D eigenvalue weighted by Crippen LogP contribution is 2.35. The van der Waals surface area contributed by atoms with Crippen molar-refractivity contribution in [3.63, 3.8) is 0 Å². The van der Waals surface area contributed by atoms with Crippen LogP contribution in [0.3, 0.4) is 0 Å². The van der Waals surface area contributed by atoms with E-state index in [1.165, 1.54) is 0 Å². The maximum Gasteiger partial charge on any atom is 0.322 e. The van der Waals surface area contributed by atoms with Gasteiger partial charge in [0.15, 0.2) is 5.78 Å². The van der Waals surface area contributed by atoms with Crippen LogP contribution in [0.1, 0.15) is 48.3 Å². The van der Waals surface area contributed by atoms with Crippen molar-refractivity contribution in [3.05, 3.63) is 64.3 Å². The van der Waals surface area contributed by atoms with Crippen molar-refractivity contribution in [2.24, 2.45) is 0 Å². The van der Waals surface area contributed by atoms with Crippen molar-refractivity contribution in [1.29, 1.82) is 0 Å². The van der Waals surface area contributed by atoms with E-state index in [2.05, 4.69) is 4.98 Å². The molecule has 29 heavy (non-hydrogen) atoms. The minimum absolute atomic E-state index is 0.345. The highest BCUT2D eigenvalue weighted by molar-refractivity contribution is 6.30. The third-order valence-electron chi connectivity index (χ3n) is 4.57. The van der Waals surface area contributed by atoms with Gasteiger partial charge in [-0.3, -0.25) is 9.59 Å². The summed E-state index contributed by atoms with van der Waals surface area (Å²) >= 11 is 5.96. The van der Waals surface area contributed by atoms with Gasteiger partial charge < -0.3 is 14.5 Å². The minimum atomic E-state index is -1.11. The van der Waals surface area contributed by atoms with Crippen molar-refractivity contribution < 1.29 is 19.1 Å². The molecule has 0 aliphatic carbocycles. The lowest BCUT2D eigenvalue weighted by Gasteiger charge is -2.24. The SMILES string of the molecule is COc1ccc2[nH]c(C)c(C(C(=O)OC(C)(C)C)C(=O)c3ccc(Cl)cc3)c2c1. The van der Waals surface area contributed by atoms with Gasteiger partial charge in [-0.15, -0.1) is 0 Å². The molecule has 6 heteroatoms. The van der Waals surface area contributed by atoms with Gasteiger partial charge in [0, 0.05) is 32.7 Å². The molecule has 2 aromatic carbocycles. The average molecular weight is 414 g/mol. The molecular weight excluding hydrogens is 390 g/mol. The van der Waals surface area contributed by atoms with Crippen LogP contribution in [-0.4, -0.2) is 29.4 Å². The number of H-pyrrole nitrogens is 1. The molecule has 0 spiro atoms. The van der Waals surface area contributed by atoms with Crippen molar-refractivity contribution in [2.75, 3.05) is 7.11 Å². The highest BCUT2D eigenvalue weighted by atomic mass is 35.5. The van der Waals surface area contributed by atoms with Gasteiger partial charge in [-0.05, 0) is 70.2 Å². The number of nitrogens with one attached hydrogen (secondary N) is 1. The van der Waals surface area contributed by atoms with Gasteiger partial charge >= 0.3 is 5.97 Å². The Morgan fingerprint density at radius 2 is 1.72 bits per heavy atom. The van der Waals surface area contributed by atoms with Crippen molar-refractivity contribution in [2.45, 2.75) is 39.2 Å². The van der Waals surface area contributed by atoms with Crippen molar-refractivity contribution >= 4 is 34.3 Å². The Balaban J connectivity index is 2.18. The summed E-state index contributed by atoms with van der Waals surface area (Å²) in [7, 11) is 1.57. The smallest absolute Gasteiger partial charge is 0.322 e. The molecule has 0 fully saturated rings. The van der Waals surface area contributed by atoms with Gasteiger partial charge in [0.2, 0.25) is 0 Å². The monoisotopic (exact) mass is 413 g/mol. The predicted molar refractivity (Wildman–Crippen MR) is 114 cm³/mol. The molecule has 152 valence electrons. The van der Waals surface area contributed by atoms with Gasteiger partial charge in [-0.2, -0.15) is 0 Å². The molecule has 1 atom stereocenters. The molecule has 0 aliphatic rings. The number of hydrogen-bond acceptors (Lipinski definition) is 4. The summed E-state index contributed by atoms with van der Waals surface area (Å²) < 4.78 is 11.0. The number of halogens is 1. The summed E-state index contributed by atoms with van der Waals surface area (Å²) in [5.41, 5.74) is 1.80. The largest absolute Gasteiger partial charge is 0.497 e. The summed E-state index contributed by atoms with van der Waals surface area (Å²) in [5, 5.41) is 1.27. The lowest BCUT2D eigenvalue weighted by molar-refractivity contribution is -0.155. The van der Waals surface area contributed by atoms with Crippen LogP contribution in [0.4, 0.5) is 0 Å². The van der Waals surface area contributed by atoms with E-state index in [1.54, 1.807) is 52.1 Å². The van der Waals surface area contributed by atoms with Crippen LogP contribution in [-0.2, 0) is 9.53 Å². The number of ketones is 1. The maximum atomic E-state index is 13.4. The zero-order valence-electron chi connectivity index (χ0n) is 17.1. The number of hydrogen-bond donors (Lipinski definition) is 1. The number of carbonyl (C=O) groups is 2. The summed E-state index contributed by atoms with van der Waals surface area (Å²) in [6, 6.07) is 12.0. The van der Waals surface area contributed by atoms with E-state index in [0.29, 0.717) is 21.9 Å². The van der Waals surface area contributed by atoms with E-state index < -0.39 is 17.5 Å². The average Bonchev–Trinajstić information content (AvgIpc) is 2.96. The molecule has 3 aromatic rings. The molecule has 0 saturated heterocycles. The molecular formula is C23H24ClNO4. The number of aromatic nitrogens is 1. The predicted octanol–water partition coefficient (Wildman–Crippen LogP) is 5.45. The molecule has 0 aliphatic heterocycles. The highest BCUT2D eigenvalue weighted by Gasteiger charge is 2.36. The Kier molecular flexibility index (Phi) is 5.71. The van der Waals surface area contributed by atoms with Crippen LogP contribution < -0.4 is 4.74 Å². The Hall–Kier alpha value is -2.79.